The van der Waals surface area contributed by atoms with Crippen LogP contribution in [-0.4, -0.2) is 30.6 Å². The molecule has 1 rings (SSSR count). The zero-order chi connectivity index (χ0) is 15.8. The largest absolute Gasteiger partial charge is 0.465 e. The first-order valence-corrected chi connectivity index (χ1v) is 8.43. The quantitative estimate of drug-likeness (QED) is 0.636. The number of esters is 1. The van der Waals surface area contributed by atoms with Gasteiger partial charge in [0, 0.05) is 17.1 Å². The predicted octanol–water partition coefficient (Wildman–Crippen LogP) is 4.64. The fourth-order valence-electron chi connectivity index (χ4n) is 2.21. The number of hydrogen-bond donors (Lipinski definition) is 0. The Morgan fingerprint density at radius 2 is 2.10 bits per heavy atom. The van der Waals surface area contributed by atoms with Crippen molar-refractivity contribution in [3.8, 4) is 0 Å². The molecule has 4 heteroatoms. The second kappa shape index (κ2) is 9.21. The summed E-state index contributed by atoms with van der Waals surface area (Å²) in [5, 5.41) is 0. The molecule has 0 radical (unpaired) electrons. The fourth-order valence-corrected chi connectivity index (χ4v) is 2.72. The molecule has 1 unspecified atom stereocenters. The van der Waals surface area contributed by atoms with Crippen molar-refractivity contribution in [1.29, 1.82) is 0 Å². The van der Waals surface area contributed by atoms with E-state index in [4.69, 9.17) is 4.74 Å². The molecule has 1 atom stereocenters. The van der Waals surface area contributed by atoms with E-state index in [0.29, 0.717) is 11.6 Å². The monoisotopic (exact) mass is 355 g/mol. The van der Waals surface area contributed by atoms with Gasteiger partial charge in [-0.15, -0.1) is 0 Å². The van der Waals surface area contributed by atoms with Gasteiger partial charge in [0.2, 0.25) is 0 Å². The highest BCUT2D eigenvalue weighted by atomic mass is 79.9. The molecule has 0 amide bonds. The van der Waals surface area contributed by atoms with E-state index in [1.54, 1.807) is 0 Å². The molecule has 3 nitrogen and oxygen atoms in total. The van der Waals surface area contributed by atoms with Crippen molar-refractivity contribution in [1.82, 2.24) is 4.90 Å². The van der Waals surface area contributed by atoms with E-state index in [2.05, 4.69) is 41.6 Å². The van der Waals surface area contributed by atoms with Crippen LogP contribution in [0.2, 0.25) is 0 Å². The van der Waals surface area contributed by atoms with Crippen LogP contribution in [0.25, 0.3) is 0 Å². The molecular weight excluding hydrogens is 330 g/mol. The molecule has 1 aromatic rings. The molecule has 0 spiro atoms. The van der Waals surface area contributed by atoms with Crippen molar-refractivity contribution < 1.29 is 9.53 Å². The van der Waals surface area contributed by atoms with Gasteiger partial charge in [-0.2, -0.15) is 0 Å². The van der Waals surface area contributed by atoms with Gasteiger partial charge in [0.15, 0.2) is 0 Å². The molecule has 0 fully saturated rings. The van der Waals surface area contributed by atoms with Gasteiger partial charge in [-0.05, 0) is 44.0 Å². The lowest BCUT2D eigenvalue weighted by atomic mass is 10.1. The van der Waals surface area contributed by atoms with Crippen molar-refractivity contribution in [2.24, 2.45) is 0 Å². The van der Waals surface area contributed by atoms with Gasteiger partial charge in [-0.3, -0.25) is 4.90 Å². The summed E-state index contributed by atoms with van der Waals surface area (Å²) < 4.78 is 5.72. The molecule has 21 heavy (non-hydrogen) atoms. The lowest BCUT2D eigenvalue weighted by Crippen LogP contribution is -2.33. The summed E-state index contributed by atoms with van der Waals surface area (Å²) in [5.41, 5.74) is 1.79. The van der Waals surface area contributed by atoms with Crippen LogP contribution in [0, 0.1) is 0 Å². The highest BCUT2D eigenvalue weighted by Gasteiger charge is 2.15. The standard InChI is InChI=1S/C17H26BrNO2/c1-5-7-10-19(13(3)6-2)12-15-9-8-14(11-16(15)18)17(20)21-4/h8-9,11,13H,5-7,10,12H2,1-4H3. The van der Waals surface area contributed by atoms with E-state index in [-0.39, 0.29) is 5.97 Å². The molecule has 0 aliphatic rings. The van der Waals surface area contributed by atoms with Gasteiger partial charge in [-0.25, -0.2) is 4.79 Å². The van der Waals surface area contributed by atoms with Crippen LogP contribution in [0.5, 0.6) is 0 Å². The molecule has 0 N–H and O–H groups in total. The minimum atomic E-state index is -0.299. The zero-order valence-electron chi connectivity index (χ0n) is 13.5. The number of unbranched alkanes of at least 4 members (excludes halogenated alkanes) is 1. The Kier molecular flexibility index (Phi) is 7.97. The highest BCUT2D eigenvalue weighted by molar-refractivity contribution is 9.10. The summed E-state index contributed by atoms with van der Waals surface area (Å²) in [6, 6.07) is 6.25. The summed E-state index contributed by atoms with van der Waals surface area (Å²) in [5.74, 6) is -0.299. The molecule has 1 aromatic carbocycles. The molecule has 0 aromatic heterocycles. The van der Waals surface area contributed by atoms with E-state index in [1.165, 1.54) is 25.5 Å². The number of carbonyl (C=O) groups is 1. The molecule has 0 aliphatic carbocycles. The lowest BCUT2D eigenvalue weighted by Gasteiger charge is -2.28. The Bertz CT molecular complexity index is 462. The molecule has 118 valence electrons. The molecule has 0 heterocycles. The smallest absolute Gasteiger partial charge is 0.337 e. The third-order valence-electron chi connectivity index (χ3n) is 3.86. The number of rotatable bonds is 8. The minimum Gasteiger partial charge on any atom is -0.465 e. The normalized spacial score (nSPS) is 12.5. The second-order valence-electron chi connectivity index (χ2n) is 5.38. The number of methoxy groups -OCH3 is 1. The fraction of sp³-hybridized carbons (Fsp3) is 0.588. The van der Waals surface area contributed by atoms with Crippen LogP contribution in [0.4, 0.5) is 0 Å². The van der Waals surface area contributed by atoms with E-state index >= 15 is 0 Å². The maximum absolute atomic E-state index is 11.5. The van der Waals surface area contributed by atoms with Crippen LogP contribution in [-0.2, 0) is 11.3 Å². The maximum atomic E-state index is 11.5. The minimum absolute atomic E-state index is 0.299. The Balaban J connectivity index is 2.85. The van der Waals surface area contributed by atoms with Crippen molar-refractivity contribution in [2.45, 2.75) is 52.6 Å². The molecule has 0 saturated heterocycles. The van der Waals surface area contributed by atoms with Gasteiger partial charge in [0.1, 0.15) is 0 Å². The number of hydrogen-bond acceptors (Lipinski definition) is 3. The van der Waals surface area contributed by atoms with Crippen molar-refractivity contribution >= 4 is 21.9 Å². The van der Waals surface area contributed by atoms with Crippen LogP contribution in [0.1, 0.15) is 56.0 Å². The first kappa shape index (κ1) is 18.2. The van der Waals surface area contributed by atoms with Crippen LogP contribution in [0.3, 0.4) is 0 Å². The number of halogens is 1. The van der Waals surface area contributed by atoms with Crippen molar-refractivity contribution in [2.75, 3.05) is 13.7 Å². The third-order valence-corrected chi connectivity index (χ3v) is 4.60. The van der Waals surface area contributed by atoms with Gasteiger partial charge < -0.3 is 4.74 Å². The van der Waals surface area contributed by atoms with Gasteiger partial charge in [0.05, 0.1) is 12.7 Å². The Hall–Kier alpha value is -0.870. The molecular formula is C17H26BrNO2. The van der Waals surface area contributed by atoms with Crippen LogP contribution in [0.15, 0.2) is 22.7 Å². The topological polar surface area (TPSA) is 29.5 Å². The number of ether oxygens (including phenoxy) is 1. The predicted molar refractivity (Wildman–Crippen MR) is 90.6 cm³/mol. The number of benzene rings is 1. The van der Waals surface area contributed by atoms with E-state index < -0.39 is 0 Å². The molecule has 0 aliphatic heterocycles. The maximum Gasteiger partial charge on any atom is 0.337 e. The third kappa shape index (κ3) is 5.44. The summed E-state index contributed by atoms with van der Waals surface area (Å²) in [6.07, 6.45) is 3.55. The Morgan fingerprint density at radius 3 is 2.62 bits per heavy atom. The summed E-state index contributed by atoms with van der Waals surface area (Å²) in [7, 11) is 1.40. The Labute approximate surface area is 136 Å². The second-order valence-corrected chi connectivity index (χ2v) is 6.23. The molecule has 0 saturated carbocycles. The van der Waals surface area contributed by atoms with E-state index in [0.717, 1.165) is 24.0 Å². The number of carbonyl (C=O) groups excluding carboxylic acids is 1. The Morgan fingerprint density at radius 1 is 1.38 bits per heavy atom. The lowest BCUT2D eigenvalue weighted by molar-refractivity contribution is 0.0600. The van der Waals surface area contributed by atoms with Crippen molar-refractivity contribution in [3.63, 3.8) is 0 Å². The SMILES string of the molecule is CCCCN(Cc1ccc(C(=O)OC)cc1Br)C(C)CC. The average Bonchev–Trinajstić information content (AvgIpc) is 2.51. The first-order chi connectivity index (χ1) is 10.0. The highest BCUT2D eigenvalue weighted by Crippen LogP contribution is 2.22. The van der Waals surface area contributed by atoms with Crippen molar-refractivity contribution in [3.05, 3.63) is 33.8 Å². The average molecular weight is 356 g/mol. The first-order valence-electron chi connectivity index (χ1n) is 7.64. The van der Waals surface area contributed by atoms with Gasteiger partial charge in [0.25, 0.3) is 0 Å². The van der Waals surface area contributed by atoms with Gasteiger partial charge >= 0.3 is 5.97 Å². The molecule has 0 bridgehead atoms. The van der Waals surface area contributed by atoms with Crippen LogP contribution >= 0.6 is 15.9 Å². The van der Waals surface area contributed by atoms with Crippen LogP contribution < -0.4 is 0 Å². The zero-order valence-corrected chi connectivity index (χ0v) is 15.1. The summed E-state index contributed by atoms with van der Waals surface area (Å²) in [6.45, 7) is 8.72. The van der Waals surface area contributed by atoms with E-state index in [9.17, 15) is 4.79 Å². The van der Waals surface area contributed by atoms with Gasteiger partial charge in [-0.1, -0.05) is 42.3 Å². The van der Waals surface area contributed by atoms with E-state index in [1.807, 2.05) is 18.2 Å². The number of nitrogens with zero attached hydrogens (tertiary/aromatic N) is 1. The summed E-state index contributed by atoms with van der Waals surface area (Å²) >= 11 is 3.58. The summed E-state index contributed by atoms with van der Waals surface area (Å²) in [4.78, 5) is 14.0.